The summed E-state index contributed by atoms with van der Waals surface area (Å²) in [6.07, 6.45) is 3.95. The SMILES string of the molecule is CCC(CCC=O)N1CCN(C)CC1. The van der Waals surface area contributed by atoms with E-state index in [0.717, 1.165) is 45.3 Å². The first-order chi connectivity index (χ1) is 6.77. The molecule has 0 amide bonds. The topological polar surface area (TPSA) is 23.6 Å². The number of nitrogens with zero attached hydrogens (tertiary/aromatic N) is 2. The first-order valence-electron chi connectivity index (χ1n) is 5.64. The van der Waals surface area contributed by atoms with E-state index in [0.29, 0.717) is 12.5 Å². The predicted octanol–water partition coefficient (Wildman–Crippen LogP) is 0.991. The maximum absolute atomic E-state index is 10.3. The van der Waals surface area contributed by atoms with Crippen LogP contribution in [0.15, 0.2) is 0 Å². The fourth-order valence-corrected chi connectivity index (χ4v) is 2.09. The first-order valence-corrected chi connectivity index (χ1v) is 5.64. The Balaban J connectivity index is 2.32. The van der Waals surface area contributed by atoms with Gasteiger partial charge in [-0.2, -0.15) is 0 Å². The normalized spacial score (nSPS) is 22.1. The Bertz CT molecular complexity index is 165. The van der Waals surface area contributed by atoms with Gasteiger partial charge in [-0.15, -0.1) is 0 Å². The van der Waals surface area contributed by atoms with Crippen LogP contribution in [-0.4, -0.2) is 55.4 Å². The molecule has 1 saturated heterocycles. The van der Waals surface area contributed by atoms with Crippen molar-refractivity contribution in [3.8, 4) is 0 Å². The van der Waals surface area contributed by atoms with Crippen LogP contribution >= 0.6 is 0 Å². The van der Waals surface area contributed by atoms with Gasteiger partial charge in [-0.05, 0) is 19.9 Å². The summed E-state index contributed by atoms with van der Waals surface area (Å²) in [6.45, 7) is 6.87. The van der Waals surface area contributed by atoms with Gasteiger partial charge in [0.2, 0.25) is 0 Å². The molecule has 1 rings (SSSR count). The summed E-state index contributed by atoms with van der Waals surface area (Å²) >= 11 is 0. The molecule has 0 aromatic carbocycles. The molecular formula is C11H22N2O. The summed E-state index contributed by atoms with van der Waals surface area (Å²) in [6, 6.07) is 0.619. The van der Waals surface area contributed by atoms with Gasteiger partial charge in [-0.25, -0.2) is 0 Å². The maximum atomic E-state index is 10.3. The van der Waals surface area contributed by atoms with Gasteiger partial charge < -0.3 is 9.69 Å². The number of hydrogen-bond donors (Lipinski definition) is 0. The molecule has 0 spiro atoms. The Morgan fingerprint density at radius 2 is 1.93 bits per heavy atom. The summed E-state index contributed by atoms with van der Waals surface area (Å²) in [5.74, 6) is 0. The minimum atomic E-state index is 0.619. The van der Waals surface area contributed by atoms with Crippen molar-refractivity contribution in [2.75, 3.05) is 33.2 Å². The van der Waals surface area contributed by atoms with E-state index >= 15 is 0 Å². The van der Waals surface area contributed by atoms with Crippen LogP contribution < -0.4 is 0 Å². The van der Waals surface area contributed by atoms with Crippen LogP contribution in [0.2, 0.25) is 0 Å². The Morgan fingerprint density at radius 1 is 1.29 bits per heavy atom. The molecular weight excluding hydrogens is 176 g/mol. The lowest BCUT2D eigenvalue weighted by Gasteiger charge is -2.37. The van der Waals surface area contributed by atoms with Crippen molar-refractivity contribution >= 4 is 6.29 Å². The zero-order valence-electron chi connectivity index (χ0n) is 9.41. The molecule has 3 nitrogen and oxygen atoms in total. The Kier molecular flexibility index (Phi) is 5.12. The molecule has 0 saturated carbocycles. The van der Waals surface area contributed by atoms with Crippen LogP contribution in [0.5, 0.6) is 0 Å². The summed E-state index contributed by atoms with van der Waals surface area (Å²) in [4.78, 5) is 15.2. The number of carbonyl (C=O) groups is 1. The Labute approximate surface area is 87.1 Å². The molecule has 3 heteroatoms. The maximum Gasteiger partial charge on any atom is 0.120 e. The highest BCUT2D eigenvalue weighted by molar-refractivity contribution is 5.49. The quantitative estimate of drug-likeness (QED) is 0.616. The van der Waals surface area contributed by atoms with Gasteiger partial charge in [0.05, 0.1) is 0 Å². The third kappa shape index (κ3) is 3.39. The summed E-state index contributed by atoms with van der Waals surface area (Å²) in [7, 11) is 2.17. The van der Waals surface area contributed by atoms with E-state index in [9.17, 15) is 4.79 Å². The average Bonchev–Trinajstić information content (AvgIpc) is 2.21. The average molecular weight is 198 g/mol. The molecule has 0 aromatic rings. The fraction of sp³-hybridized carbons (Fsp3) is 0.909. The van der Waals surface area contributed by atoms with E-state index in [-0.39, 0.29) is 0 Å². The van der Waals surface area contributed by atoms with Crippen LogP contribution in [0.3, 0.4) is 0 Å². The number of rotatable bonds is 5. The van der Waals surface area contributed by atoms with Crippen molar-refractivity contribution in [2.45, 2.75) is 32.2 Å². The number of hydrogen-bond acceptors (Lipinski definition) is 3. The van der Waals surface area contributed by atoms with Gasteiger partial charge in [0.1, 0.15) is 6.29 Å². The van der Waals surface area contributed by atoms with Crippen molar-refractivity contribution in [2.24, 2.45) is 0 Å². The third-order valence-electron chi connectivity index (χ3n) is 3.14. The predicted molar refractivity (Wildman–Crippen MR) is 58.4 cm³/mol. The zero-order chi connectivity index (χ0) is 10.4. The van der Waals surface area contributed by atoms with Crippen molar-refractivity contribution < 1.29 is 4.79 Å². The van der Waals surface area contributed by atoms with Crippen molar-refractivity contribution in [1.82, 2.24) is 9.80 Å². The largest absolute Gasteiger partial charge is 0.304 e. The summed E-state index contributed by atoms with van der Waals surface area (Å²) in [5.41, 5.74) is 0. The molecule has 1 heterocycles. The Hall–Kier alpha value is -0.410. The van der Waals surface area contributed by atoms with Crippen LogP contribution in [0, 0.1) is 0 Å². The van der Waals surface area contributed by atoms with Crippen molar-refractivity contribution in [3.63, 3.8) is 0 Å². The minimum absolute atomic E-state index is 0.619. The second-order valence-electron chi connectivity index (χ2n) is 4.15. The van der Waals surface area contributed by atoms with E-state index < -0.39 is 0 Å². The Morgan fingerprint density at radius 3 is 2.43 bits per heavy atom. The van der Waals surface area contributed by atoms with Gasteiger partial charge in [-0.1, -0.05) is 6.92 Å². The number of likely N-dealkylation sites (N-methyl/N-ethyl adjacent to an activating group) is 1. The smallest absolute Gasteiger partial charge is 0.120 e. The van der Waals surface area contributed by atoms with Crippen LogP contribution in [0.1, 0.15) is 26.2 Å². The van der Waals surface area contributed by atoms with Gasteiger partial charge >= 0.3 is 0 Å². The van der Waals surface area contributed by atoms with E-state index in [4.69, 9.17) is 0 Å². The van der Waals surface area contributed by atoms with Gasteiger partial charge in [-0.3, -0.25) is 4.90 Å². The lowest BCUT2D eigenvalue weighted by Crippen LogP contribution is -2.48. The lowest BCUT2D eigenvalue weighted by molar-refractivity contribution is -0.108. The highest BCUT2D eigenvalue weighted by Crippen LogP contribution is 2.12. The van der Waals surface area contributed by atoms with E-state index in [1.807, 2.05) is 0 Å². The van der Waals surface area contributed by atoms with Crippen molar-refractivity contribution in [3.05, 3.63) is 0 Å². The van der Waals surface area contributed by atoms with E-state index in [1.54, 1.807) is 0 Å². The van der Waals surface area contributed by atoms with E-state index in [1.165, 1.54) is 0 Å². The molecule has 1 unspecified atom stereocenters. The van der Waals surface area contributed by atoms with Crippen LogP contribution in [-0.2, 0) is 4.79 Å². The van der Waals surface area contributed by atoms with Gasteiger partial charge in [0, 0.05) is 38.6 Å². The van der Waals surface area contributed by atoms with Gasteiger partial charge in [0.15, 0.2) is 0 Å². The second-order valence-corrected chi connectivity index (χ2v) is 4.15. The molecule has 0 radical (unpaired) electrons. The molecule has 1 atom stereocenters. The highest BCUT2D eigenvalue weighted by Gasteiger charge is 2.20. The lowest BCUT2D eigenvalue weighted by atomic mass is 10.1. The molecule has 0 N–H and O–H groups in total. The number of aldehydes is 1. The first kappa shape index (κ1) is 11.7. The monoisotopic (exact) mass is 198 g/mol. The zero-order valence-corrected chi connectivity index (χ0v) is 9.41. The van der Waals surface area contributed by atoms with Crippen LogP contribution in [0.4, 0.5) is 0 Å². The fourth-order valence-electron chi connectivity index (χ4n) is 2.09. The molecule has 1 aliphatic rings. The van der Waals surface area contributed by atoms with E-state index in [2.05, 4.69) is 23.8 Å². The molecule has 0 aliphatic carbocycles. The molecule has 1 fully saturated rings. The third-order valence-corrected chi connectivity index (χ3v) is 3.14. The molecule has 1 aliphatic heterocycles. The van der Waals surface area contributed by atoms with Gasteiger partial charge in [0.25, 0.3) is 0 Å². The number of piperazine rings is 1. The number of carbonyl (C=O) groups excluding carboxylic acids is 1. The standard InChI is InChI=1S/C11H22N2O/c1-3-11(5-4-10-14)13-8-6-12(2)7-9-13/h10-11H,3-9H2,1-2H3. The van der Waals surface area contributed by atoms with Crippen molar-refractivity contribution in [1.29, 1.82) is 0 Å². The molecule has 0 aromatic heterocycles. The summed E-state index contributed by atoms with van der Waals surface area (Å²) < 4.78 is 0. The minimum Gasteiger partial charge on any atom is -0.304 e. The van der Waals surface area contributed by atoms with Crippen LogP contribution in [0.25, 0.3) is 0 Å². The highest BCUT2D eigenvalue weighted by atomic mass is 16.1. The molecule has 82 valence electrons. The molecule has 14 heavy (non-hydrogen) atoms. The second kappa shape index (κ2) is 6.14. The molecule has 0 bridgehead atoms. The summed E-state index contributed by atoms with van der Waals surface area (Å²) in [5, 5.41) is 0.